The number of phenols is 1. The number of carbonyl (C=O) groups excluding carboxylic acids is 3. The van der Waals surface area contributed by atoms with E-state index in [2.05, 4.69) is 10.5 Å². The van der Waals surface area contributed by atoms with E-state index in [1.807, 2.05) is 24.3 Å². The molecular weight excluding hydrogens is 482 g/mol. The highest BCUT2D eigenvalue weighted by atomic mass is 35.5. The number of benzene rings is 3. The molecule has 1 fully saturated rings. The third kappa shape index (κ3) is 5.49. The monoisotopic (exact) mass is 507 g/mol. The number of aromatic hydroxyl groups is 1. The highest BCUT2D eigenvalue weighted by Gasteiger charge is 2.29. The zero-order chi connectivity index (χ0) is 25.7. The van der Waals surface area contributed by atoms with Crippen LogP contribution in [0.2, 0.25) is 5.02 Å². The van der Waals surface area contributed by atoms with Crippen molar-refractivity contribution in [3.8, 4) is 5.75 Å². The van der Waals surface area contributed by atoms with Gasteiger partial charge in [0.25, 0.3) is 11.8 Å². The SMILES string of the molecule is CCOC(=O)C1CCN(C(=O)c2ccc(/C=N/NC(=O)c3ccc(O)c(Cl)c3)c3ccccc23)CC1. The number of hydrogen-bond donors (Lipinski definition) is 2. The lowest BCUT2D eigenvalue weighted by atomic mass is 9.95. The van der Waals surface area contributed by atoms with Crippen molar-refractivity contribution in [1.29, 1.82) is 0 Å². The zero-order valence-corrected chi connectivity index (χ0v) is 20.5. The number of nitrogens with zero attached hydrogens (tertiary/aromatic N) is 2. The van der Waals surface area contributed by atoms with Crippen molar-refractivity contribution >= 4 is 46.4 Å². The van der Waals surface area contributed by atoms with Crippen LogP contribution in [0.3, 0.4) is 0 Å². The number of fused-ring (bicyclic) bond motifs is 1. The molecule has 1 aliphatic rings. The lowest BCUT2D eigenvalue weighted by molar-refractivity contribution is -0.149. The Morgan fingerprint density at radius 2 is 1.83 bits per heavy atom. The number of amides is 2. The van der Waals surface area contributed by atoms with Gasteiger partial charge in [-0.15, -0.1) is 0 Å². The molecule has 0 atom stereocenters. The van der Waals surface area contributed by atoms with E-state index < -0.39 is 5.91 Å². The molecule has 1 saturated heterocycles. The molecule has 2 amide bonds. The van der Waals surface area contributed by atoms with Crippen LogP contribution in [0.15, 0.2) is 59.7 Å². The fraction of sp³-hybridized carbons (Fsp3) is 0.259. The number of phenolic OH excluding ortho intramolecular Hbond substituents is 1. The van der Waals surface area contributed by atoms with Gasteiger partial charge in [-0.1, -0.05) is 41.9 Å². The number of halogens is 1. The Bertz CT molecular complexity index is 1330. The summed E-state index contributed by atoms with van der Waals surface area (Å²) >= 11 is 5.86. The van der Waals surface area contributed by atoms with E-state index in [0.717, 1.165) is 16.3 Å². The first kappa shape index (κ1) is 25.2. The van der Waals surface area contributed by atoms with Gasteiger partial charge in [0.15, 0.2) is 0 Å². The summed E-state index contributed by atoms with van der Waals surface area (Å²) in [6, 6.07) is 15.2. The minimum atomic E-state index is -0.476. The average molecular weight is 508 g/mol. The van der Waals surface area contributed by atoms with Gasteiger partial charge in [0, 0.05) is 29.8 Å². The number of hydrazone groups is 1. The maximum atomic E-state index is 13.3. The average Bonchev–Trinajstić information content (AvgIpc) is 2.90. The van der Waals surface area contributed by atoms with Gasteiger partial charge in [0.1, 0.15) is 5.75 Å². The minimum absolute atomic E-state index is 0.0722. The van der Waals surface area contributed by atoms with Crippen molar-refractivity contribution in [2.75, 3.05) is 19.7 Å². The first-order chi connectivity index (χ1) is 17.4. The maximum absolute atomic E-state index is 13.3. The number of esters is 1. The number of piperidine rings is 1. The number of likely N-dealkylation sites (tertiary alicyclic amines) is 1. The van der Waals surface area contributed by atoms with E-state index in [0.29, 0.717) is 38.1 Å². The first-order valence-electron chi connectivity index (χ1n) is 11.7. The number of carbonyl (C=O) groups is 3. The maximum Gasteiger partial charge on any atom is 0.309 e. The molecule has 0 bridgehead atoms. The van der Waals surface area contributed by atoms with Crippen LogP contribution in [0.25, 0.3) is 10.8 Å². The van der Waals surface area contributed by atoms with Crippen LogP contribution in [0, 0.1) is 5.92 Å². The second-order valence-electron chi connectivity index (χ2n) is 8.43. The van der Waals surface area contributed by atoms with Crippen molar-refractivity contribution in [3.05, 3.63) is 76.3 Å². The third-order valence-electron chi connectivity index (χ3n) is 6.17. The Morgan fingerprint density at radius 1 is 1.11 bits per heavy atom. The predicted octanol–water partition coefficient (Wildman–Crippen LogP) is 4.38. The molecule has 0 aliphatic carbocycles. The van der Waals surface area contributed by atoms with Crippen molar-refractivity contribution < 1.29 is 24.2 Å². The smallest absolute Gasteiger partial charge is 0.309 e. The van der Waals surface area contributed by atoms with Gasteiger partial charge in [-0.3, -0.25) is 14.4 Å². The van der Waals surface area contributed by atoms with Crippen LogP contribution in [0.4, 0.5) is 0 Å². The molecule has 0 aromatic heterocycles. The summed E-state index contributed by atoms with van der Waals surface area (Å²) in [5.74, 6) is -1.04. The lowest BCUT2D eigenvalue weighted by Crippen LogP contribution is -2.40. The van der Waals surface area contributed by atoms with E-state index in [4.69, 9.17) is 16.3 Å². The van der Waals surface area contributed by atoms with Crippen LogP contribution in [-0.2, 0) is 9.53 Å². The van der Waals surface area contributed by atoms with Crippen molar-refractivity contribution in [3.63, 3.8) is 0 Å². The fourth-order valence-electron chi connectivity index (χ4n) is 4.24. The molecule has 0 unspecified atom stereocenters. The molecule has 0 spiro atoms. The first-order valence-corrected chi connectivity index (χ1v) is 12.1. The molecule has 3 aromatic rings. The van der Waals surface area contributed by atoms with E-state index in [-0.39, 0.29) is 34.1 Å². The zero-order valence-electron chi connectivity index (χ0n) is 19.7. The summed E-state index contributed by atoms with van der Waals surface area (Å²) in [4.78, 5) is 39.5. The Morgan fingerprint density at radius 3 is 2.53 bits per heavy atom. The van der Waals surface area contributed by atoms with Gasteiger partial charge in [-0.05, 0) is 54.8 Å². The Balaban J connectivity index is 1.49. The van der Waals surface area contributed by atoms with Gasteiger partial charge >= 0.3 is 5.97 Å². The van der Waals surface area contributed by atoms with Crippen molar-refractivity contribution in [1.82, 2.24) is 10.3 Å². The summed E-state index contributed by atoms with van der Waals surface area (Å²) in [5, 5.41) is 15.2. The largest absolute Gasteiger partial charge is 0.506 e. The van der Waals surface area contributed by atoms with E-state index in [1.54, 1.807) is 24.0 Å². The molecule has 4 rings (SSSR count). The molecule has 1 aliphatic heterocycles. The molecule has 186 valence electrons. The second kappa shape index (κ2) is 11.2. The molecule has 0 saturated carbocycles. The van der Waals surface area contributed by atoms with Crippen LogP contribution >= 0.6 is 11.6 Å². The summed E-state index contributed by atoms with van der Waals surface area (Å²) < 4.78 is 5.12. The van der Waals surface area contributed by atoms with Gasteiger partial charge < -0.3 is 14.7 Å². The van der Waals surface area contributed by atoms with Crippen molar-refractivity contribution in [2.45, 2.75) is 19.8 Å². The van der Waals surface area contributed by atoms with Gasteiger partial charge in [-0.25, -0.2) is 5.43 Å². The van der Waals surface area contributed by atoms with Gasteiger partial charge in [0.2, 0.25) is 0 Å². The van der Waals surface area contributed by atoms with Gasteiger partial charge in [0.05, 0.1) is 23.8 Å². The molecular formula is C27H26ClN3O5. The van der Waals surface area contributed by atoms with E-state index in [1.165, 1.54) is 24.4 Å². The minimum Gasteiger partial charge on any atom is -0.506 e. The molecule has 1 heterocycles. The summed E-state index contributed by atoms with van der Waals surface area (Å²) in [6.07, 6.45) is 2.68. The fourth-order valence-corrected chi connectivity index (χ4v) is 4.42. The molecule has 0 radical (unpaired) electrons. The lowest BCUT2D eigenvalue weighted by Gasteiger charge is -2.31. The summed E-state index contributed by atoms with van der Waals surface area (Å²) in [6.45, 7) is 3.13. The van der Waals surface area contributed by atoms with Crippen LogP contribution in [-0.4, -0.2) is 53.7 Å². The van der Waals surface area contributed by atoms with Crippen LogP contribution in [0.5, 0.6) is 5.75 Å². The number of nitrogens with one attached hydrogen (secondary N) is 1. The van der Waals surface area contributed by atoms with E-state index in [9.17, 15) is 19.5 Å². The highest BCUT2D eigenvalue weighted by molar-refractivity contribution is 6.32. The van der Waals surface area contributed by atoms with Crippen molar-refractivity contribution in [2.24, 2.45) is 11.0 Å². The Kier molecular flexibility index (Phi) is 7.85. The predicted molar refractivity (Wildman–Crippen MR) is 137 cm³/mol. The Hall–Kier alpha value is -3.91. The van der Waals surface area contributed by atoms with Crippen LogP contribution < -0.4 is 5.43 Å². The highest BCUT2D eigenvalue weighted by Crippen LogP contribution is 2.26. The van der Waals surface area contributed by atoms with Gasteiger partial charge in [-0.2, -0.15) is 5.10 Å². The molecule has 2 N–H and O–H groups in total. The normalized spacial score (nSPS) is 14.2. The van der Waals surface area contributed by atoms with E-state index >= 15 is 0 Å². The van der Waals surface area contributed by atoms with Crippen LogP contribution in [0.1, 0.15) is 46.0 Å². The number of ether oxygens (including phenoxy) is 1. The molecule has 3 aromatic carbocycles. The standard InChI is InChI=1S/C27H26ClN3O5/c1-2-36-27(35)17-11-13-31(14-12-17)26(34)22-9-7-19(20-5-3-4-6-21(20)22)16-29-30-25(33)18-8-10-24(32)23(28)15-18/h3-10,15-17,32H,2,11-14H2,1H3,(H,30,33)/b29-16+. The second-order valence-corrected chi connectivity index (χ2v) is 8.84. The summed E-state index contributed by atoms with van der Waals surface area (Å²) in [5.41, 5.74) is 4.00. The quantitative estimate of drug-likeness (QED) is 0.292. The molecule has 9 heteroatoms. The topological polar surface area (TPSA) is 108 Å². The summed E-state index contributed by atoms with van der Waals surface area (Å²) in [7, 11) is 0. The number of hydrogen-bond acceptors (Lipinski definition) is 6. The number of rotatable bonds is 6. The molecule has 36 heavy (non-hydrogen) atoms. The third-order valence-corrected chi connectivity index (χ3v) is 6.47. The molecule has 8 nitrogen and oxygen atoms in total. The Labute approximate surface area is 213 Å².